The van der Waals surface area contributed by atoms with E-state index in [1.807, 2.05) is 11.8 Å². The minimum atomic E-state index is 0.105. The fraction of sp³-hybridized carbons (Fsp3) is 0.350. The third kappa shape index (κ3) is 3.17. The van der Waals surface area contributed by atoms with Crippen molar-refractivity contribution in [3.05, 3.63) is 51.5 Å². The number of thiophene rings is 1. The molecule has 5 nitrogen and oxygen atoms in total. The predicted octanol–water partition coefficient (Wildman–Crippen LogP) is 4.16. The lowest BCUT2D eigenvalue weighted by Gasteiger charge is -2.13. The molecule has 1 N–H and O–H groups in total. The number of hydrogen-bond acceptors (Lipinski definition) is 5. The van der Waals surface area contributed by atoms with Crippen LogP contribution in [-0.4, -0.2) is 33.9 Å². The Morgan fingerprint density at radius 3 is 2.62 bits per heavy atom. The minimum absolute atomic E-state index is 0.105. The maximum absolute atomic E-state index is 12.9. The molecule has 0 atom stereocenters. The van der Waals surface area contributed by atoms with Gasteiger partial charge in [-0.1, -0.05) is 29.8 Å². The first-order valence-electron chi connectivity index (χ1n) is 8.96. The van der Waals surface area contributed by atoms with Crippen LogP contribution in [0.2, 0.25) is 0 Å². The molecule has 0 aliphatic carbocycles. The van der Waals surface area contributed by atoms with Crippen LogP contribution in [0.3, 0.4) is 0 Å². The standard InChI is InChI=1S/C20H22N4OS/c1-13-5-7-15(8-6-13)11-21-19-16-14(2)26-18(17(16)22-12-23-19)20(25)24-9-3-4-10-24/h5-8,12H,3-4,9-11H2,1-2H3,(H,21,22,23). The van der Waals surface area contributed by atoms with Crippen LogP contribution in [-0.2, 0) is 6.54 Å². The average molecular weight is 366 g/mol. The molecule has 0 saturated carbocycles. The largest absolute Gasteiger partial charge is 0.365 e. The van der Waals surface area contributed by atoms with E-state index < -0.39 is 0 Å². The van der Waals surface area contributed by atoms with E-state index in [4.69, 9.17) is 0 Å². The van der Waals surface area contributed by atoms with Crippen LogP contribution in [0.25, 0.3) is 10.9 Å². The number of aromatic nitrogens is 2. The number of nitrogens with zero attached hydrogens (tertiary/aromatic N) is 3. The van der Waals surface area contributed by atoms with Gasteiger partial charge in [0.1, 0.15) is 17.0 Å². The van der Waals surface area contributed by atoms with Crippen LogP contribution in [0.4, 0.5) is 5.82 Å². The lowest BCUT2D eigenvalue weighted by molar-refractivity contribution is 0.0799. The molecule has 1 aliphatic heterocycles. The zero-order chi connectivity index (χ0) is 18.1. The van der Waals surface area contributed by atoms with E-state index >= 15 is 0 Å². The summed E-state index contributed by atoms with van der Waals surface area (Å²) in [6, 6.07) is 8.44. The van der Waals surface area contributed by atoms with Crippen molar-refractivity contribution in [3.63, 3.8) is 0 Å². The van der Waals surface area contributed by atoms with E-state index in [-0.39, 0.29) is 5.91 Å². The summed E-state index contributed by atoms with van der Waals surface area (Å²) in [5, 5.41) is 4.38. The van der Waals surface area contributed by atoms with Crippen molar-refractivity contribution in [1.29, 1.82) is 0 Å². The molecule has 134 valence electrons. The van der Waals surface area contributed by atoms with E-state index in [9.17, 15) is 4.79 Å². The molecule has 3 heterocycles. The summed E-state index contributed by atoms with van der Waals surface area (Å²) in [5.41, 5.74) is 3.21. The van der Waals surface area contributed by atoms with Crippen molar-refractivity contribution in [2.45, 2.75) is 33.2 Å². The zero-order valence-electron chi connectivity index (χ0n) is 15.1. The van der Waals surface area contributed by atoms with Crippen molar-refractivity contribution >= 4 is 34.0 Å². The van der Waals surface area contributed by atoms with Crippen LogP contribution >= 0.6 is 11.3 Å². The Labute approximate surface area is 157 Å². The summed E-state index contributed by atoms with van der Waals surface area (Å²) >= 11 is 1.53. The molecule has 1 fully saturated rings. The first kappa shape index (κ1) is 17.0. The minimum Gasteiger partial charge on any atom is -0.365 e. The second kappa shape index (κ2) is 7.03. The SMILES string of the molecule is Cc1ccc(CNc2ncnc3c(C(=O)N4CCCC4)sc(C)c23)cc1. The average Bonchev–Trinajstić information content (AvgIpc) is 3.30. The van der Waals surface area contributed by atoms with Crippen molar-refractivity contribution < 1.29 is 4.79 Å². The van der Waals surface area contributed by atoms with Gasteiger partial charge in [0.25, 0.3) is 5.91 Å². The summed E-state index contributed by atoms with van der Waals surface area (Å²) in [5.74, 6) is 0.901. The van der Waals surface area contributed by atoms with Gasteiger partial charge in [0.2, 0.25) is 0 Å². The zero-order valence-corrected chi connectivity index (χ0v) is 15.9. The van der Waals surface area contributed by atoms with Crippen LogP contribution < -0.4 is 5.32 Å². The summed E-state index contributed by atoms with van der Waals surface area (Å²) in [7, 11) is 0. The van der Waals surface area contributed by atoms with Crippen molar-refractivity contribution in [1.82, 2.24) is 14.9 Å². The molecule has 2 aromatic heterocycles. The maximum Gasteiger partial charge on any atom is 0.266 e. The van der Waals surface area contributed by atoms with Crippen LogP contribution in [0, 0.1) is 13.8 Å². The first-order chi connectivity index (χ1) is 12.6. The number of carbonyl (C=O) groups is 1. The van der Waals surface area contributed by atoms with Gasteiger partial charge in [-0.15, -0.1) is 11.3 Å². The number of anilines is 1. The Balaban J connectivity index is 1.63. The molecule has 4 rings (SSSR count). The number of fused-ring (bicyclic) bond motifs is 1. The molecule has 0 unspecified atom stereocenters. The number of hydrogen-bond donors (Lipinski definition) is 1. The Morgan fingerprint density at radius 1 is 1.15 bits per heavy atom. The highest BCUT2D eigenvalue weighted by Gasteiger charge is 2.25. The second-order valence-corrected chi connectivity index (χ2v) is 8.00. The van der Waals surface area contributed by atoms with Crippen LogP contribution in [0.5, 0.6) is 0 Å². The topological polar surface area (TPSA) is 58.1 Å². The van der Waals surface area contributed by atoms with Crippen molar-refractivity contribution in [3.8, 4) is 0 Å². The number of rotatable bonds is 4. The Kier molecular flexibility index (Phi) is 4.59. The highest BCUT2D eigenvalue weighted by atomic mass is 32.1. The summed E-state index contributed by atoms with van der Waals surface area (Å²) in [6.45, 7) is 6.51. The number of likely N-dealkylation sites (tertiary alicyclic amines) is 1. The lowest BCUT2D eigenvalue weighted by atomic mass is 10.1. The molecule has 1 saturated heterocycles. The van der Waals surface area contributed by atoms with Gasteiger partial charge in [0, 0.05) is 24.5 Å². The molecule has 3 aromatic rings. The van der Waals surface area contributed by atoms with Gasteiger partial charge >= 0.3 is 0 Å². The molecular weight excluding hydrogens is 344 g/mol. The molecule has 0 radical (unpaired) electrons. The summed E-state index contributed by atoms with van der Waals surface area (Å²) in [4.78, 5) is 25.5. The normalized spacial score (nSPS) is 14.2. The number of carbonyl (C=O) groups excluding carboxylic acids is 1. The van der Waals surface area contributed by atoms with Crippen LogP contribution in [0.1, 0.15) is 38.5 Å². The third-order valence-corrected chi connectivity index (χ3v) is 5.92. The number of benzene rings is 1. The maximum atomic E-state index is 12.9. The van der Waals surface area contributed by atoms with E-state index in [0.29, 0.717) is 6.54 Å². The Morgan fingerprint density at radius 2 is 1.88 bits per heavy atom. The lowest BCUT2D eigenvalue weighted by Crippen LogP contribution is -2.27. The molecular formula is C20H22N4OS. The molecule has 0 bridgehead atoms. The number of amides is 1. The first-order valence-corrected chi connectivity index (χ1v) is 9.78. The summed E-state index contributed by atoms with van der Waals surface area (Å²) in [6.07, 6.45) is 3.73. The van der Waals surface area contributed by atoms with Crippen molar-refractivity contribution in [2.75, 3.05) is 18.4 Å². The highest BCUT2D eigenvalue weighted by molar-refractivity contribution is 7.15. The summed E-state index contributed by atoms with van der Waals surface area (Å²) < 4.78 is 0. The molecule has 1 aliphatic rings. The van der Waals surface area contributed by atoms with Gasteiger partial charge in [-0.05, 0) is 32.3 Å². The van der Waals surface area contributed by atoms with E-state index in [0.717, 1.165) is 52.4 Å². The van der Waals surface area contributed by atoms with Crippen LogP contribution in [0.15, 0.2) is 30.6 Å². The number of aryl methyl sites for hydroxylation is 2. The second-order valence-electron chi connectivity index (χ2n) is 6.77. The fourth-order valence-electron chi connectivity index (χ4n) is 3.38. The third-order valence-electron chi connectivity index (χ3n) is 4.84. The Bertz CT molecular complexity index is 942. The number of nitrogens with one attached hydrogen (secondary N) is 1. The molecule has 1 aromatic carbocycles. The fourth-order valence-corrected chi connectivity index (χ4v) is 4.45. The van der Waals surface area contributed by atoms with E-state index in [1.165, 1.54) is 22.5 Å². The Hall–Kier alpha value is -2.47. The van der Waals surface area contributed by atoms with Gasteiger partial charge < -0.3 is 10.2 Å². The van der Waals surface area contributed by atoms with Crippen molar-refractivity contribution in [2.24, 2.45) is 0 Å². The molecule has 26 heavy (non-hydrogen) atoms. The smallest absolute Gasteiger partial charge is 0.266 e. The van der Waals surface area contributed by atoms with Gasteiger partial charge in [-0.25, -0.2) is 9.97 Å². The predicted molar refractivity (Wildman–Crippen MR) is 106 cm³/mol. The van der Waals surface area contributed by atoms with Gasteiger partial charge in [-0.2, -0.15) is 0 Å². The van der Waals surface area contributed by atoms with Gasteiger partial charge in [-0.3, -0.25) is 4.79 Å². The molecule has 1 amide bonds. The van der Waals surface area contributed by atoms with E-state index in [2.05, 4.69) is 46.5 Å². The van der Waals surface area contributed by atoms with Gasteiger partial charge in [0.15, 0.2) is 0 Å². The van der Waals surface area contributed by atoms with Gasteiger partial charge in [0.05, 0.1) is 10.9 Å². The van der Waals surface area contributed by atoms with E-state index in [1.54, 1.807) is 6.33 Å². The molecule has 0 spiro atoms. The monoisotopic (exact) mass is 366 g/mol. The highest BCUT2D eigenvalue weighted by Crippen LogP contribution is 2.34. The molecule has 6 heteroatoms. The quantitative estimate of drug-likeness (QED) is 0.753.